The number of hydrogen-bond donors (Lipinski definition) is 2. The molecule has 0 aliphatic carbocycles. The second-order valence-electron chi connectivity index (χ2n) is 4.41. The molecule has 0 aliphatic heterocycles. The normalized spacial score (nSPS) is 9.92. The number of carboxylic acid groups (broad SMARTS) is 1. The molecule has 9 heteroatoms. The van der Waals surface area contributed by atoms with Gasteiger partial charge in [-0.25, -0.2) is 0 Å². The highest BCUT2D eigenvalue weighted by Gasteiger charge is 2.15. The number of aromatic nitrogens is 2. The number of carboxylic acids is 1. The van der Waals surface area contributed by atoms with Crippen LogP contribution in [0.2, 0.25) is 0 Å². The molecule has 0 fully saturated rings. The van der Waals surface area contributed by atoms with Crippen molar-refractivity contribution >= 4 is 11.9 Å². The molecular formula is C15H15N3O6. The van der Waals surface area contributed by atoms with E-state index in [1.54, 1.807) is 12.1 Å². The Balaban J connectivity index is 2.27. The highest BCUT2D eigenvalue weighted by Crippen LogP contribution is 2.26. The SMILES string of the molecule is COc1cc(OC)nc(Oc2ccccc2C(=O)NCC(=O)O)n1. The van der Waals surface area contributed by atoms with Crippen LogP contribution in [-0.2, 0) is 4.79 Å². The van der Waals surface area contributed by atoms with E-state index in [2.05, 4.69) is 15.3 Å². The first kappa shape index (κ1) is 17.0. The third-order valence-corrected chi connectivity index (χ3v) is 2.81. The Morgan fingerprint density at radius 2 is 1.75 bits per heavy atom. The summed E-state index contributed by atoms with van der Waals surface area (Å²) in [5, 5.41) is 10.9. The Morgan fingerprint density at radius 3 is 2.33 bits per heavy atom. The van der Waals surface area contributed by atoms with Crippen molar-refractivity contribution in [2.75, 3.05) is 20.8 Å². The Hall–Kier alpha value is -3.36. The number of methoxy groups -OCH3 is 2. The zero-order chi connectivity index (χ0) is 17.5. The maximum absolute atomic E-state index is 12.1. The van der Waals surface area contributed by atoms with Crippen LogP contribution in [0.15, 0.2) is 30.3 Å². The van der Waals surface area contributed by atoms with Crippen molar-refractivity contribution < 1.29 is 28.9 Å². The number of benzene rings is 1. The summed E-state index contributed by atoms with van der Waals surface area (Å²) in [4.78, 5) is 30.6. The number of carbonyl (C=O) groups excluding carboxylic acids is 1. The molecule has 1 heterocycles. The van der Waals surface area contributed by atoms with E-state index in [0.29, 0.717) is 0 Å². The first-order valence-corrected chi connectivity index (χ1v) is 6.77. The molecule has 126 valence electrons. The van der Waals surface area contributed by atoms with Crippen molar-refractivity contribution in [2.24, 2.45) is 0 Å². The zero-order valence-corrected chi connectivity index (χ0v) is 13.0. The van der Waals surface area contributed by atoms with Gasteiger partial charge in [0, 0.05) is 0 Å². The highest BCUT2D eigenvalue weighted by molar-refractivity contribution is 5.98. The summed E-state index contributed by atoms with van der Waals surface area (Å²) >= 11 is 0. The van der Waals surface area contributed by atoms with Crippen molar-refractivity contribution in [3.8, 4) is 23.5 Å². The van der Waals surface area contributed by atoms with Gasteiger partial charge >= 0.3 is 12.0 Å². The molecule has 1 aromatic carbocycles. The van der Waals surface area contributed by atoms with Crippen LogP contribution >= 0.6 is 0 Å². The lowest BCUT2D eigenvalue weighted by molar-refractivity contribution is -0.135. The molecule has 0 unspecified atom stereocenters. The minimum atomic E-state index is -1.15. The molecule has 2 aromatic rings. The maximum Gasteiger partial charge on any atom is 0.328 e. The van der Waals surface area contributed by atoms with E-state index in [9.17, 15) is 9.59 Å². The molecule has 0 bridgehead atoms. The van der Waals surface area contributed by atoms with Crippen LogP contribution in [-0.4, -0.2) is 47.7 Å². The molecular weight excluding hydrogens is 318 g/mol. The van der Waals surface area contributed by atoms with Gasteiger partial charge in [0.2, 0.25) is 11.8 Å². The lowest BCUT2D eigenvalue weighted by Crippen LogP contribution is -2.29. The standard InChI is InChI=1S/C15H15N3O6/c1-22-11-7-12(23-2)18-15(17-11)24-10-6-4-3-5-9(10)14(21)16-8-13(19)20/h3-7H,8H2,1-2H3,(H,16,21)(H,19,20). The predicted molar refractivity (Wildman–Crippen MR) is 81.6 cm³/mol. The quantitative estimate of drug-likeness (QED) is 0.773. The maximum atomic E-state index is 12.1. The number of para-hydroxylation sites is 1. The lowest BCUT2D eigenvalue weighted by Gasteiger charge is -2.11. The molecule has 9 nitrogen and oxygen atoms in total. The summed E-state index contributed by atoms with van der Waals surface area (Å²) in [6.07, 6.45) is 0. The summed E-state index contributed by atoms with van der Waals surface area (Å²) in [5.74, 6) is -1.13. The zero-order valence-electron chi connectivity index (χ0n) is 13.0. The predicted octanol–water partition coefficient (Wildman–Crippen LogP) is 1.10. The second-order valence-corrected chi connectivity index (χ2v) is 4.41. The van der Waals surface area contributed by atoms with Gasteiger partial charge in [-0.2, -0.15) is 9.97 Å². The molecule has 0 radical (unpaired) electrons. The Morgan fingerprint density at radius 1 is 1.12 bits per heavy atom. The third kappa shape index (κ3) is 4.32. The van der Waals surface area contributed by atoms with Crippen LogP contribution in [0.3, 0.4) is 0 Å². The van der Waals surface area contributed by atoms with E-state index < -0.39 is 18.4 Å². The van der Waals surface area contributed by atoms with Crippen LogP contribution in [0.1, 0.15) is 10.4 Å². The van der Waals surface area contributed by atoms with Gasteiger partial charge in [0.15, 0.2) is 0 Å². The van der Waals surface area contributed by atoms with Gasteiger partial charge in [-0.1, -0.05) is 12.1 Å². The fraction of sp³-hybridized carbons (Fsp3) is 0.200. The average Bonchev–Trinajstić information content (AvgIpc) is 2.59. The van der Waals surface area contributed by atoms with E-state index in [1.165, 1.54) is 32.4 Å². The fourth-order valence-electron chi connectivity index (χ4n) is 1.73. The third-order valence-electron chi connectivity index (χ3n) is 2.81. The molecule has 1 amide bonds. The van der Waals surface area contributed by atoms with Gasteiger partial charge in [0.05, 0.1) is 25.8 Å². The van der Waals surface area contributed by atoms with Crippen LogP contribution in [0.25, 0.3) is 0 Å². The van der Waals surface area contributed by atoms with Gasteiger partial charge in [0.25, 0.3) is 5.91 Å². The minimum absolute atomic E-state index is 0.0790. The molecule has 0 aliphatic rings. The number of nitrogens with zero attached hydrogens (tertiary/aromatic N) is 2. The van der Waals surface area contributed by atoms with Crippen LogP contribution in [0.4, 0.5) is 0 Å². The summed E-state index contributed by atoms with van der Waals surface area (Å²) in [6, 6.07) is 7.69. The van der Waals surface area contributed by atoms with Gasteiger partial charge in [-0.15, -0.1) is 0 Å². The largest absolute Gasteiger partial charge is 0.481 e. The molecule has 2 N–H and O–H groups in total. The summed E-state index contributed by atoms with van der Waals surface area (Å²) < 4.78 is 15.6. The van der Waals surface area contributed by atoms with E-state index in [4.69, 9.17) is 19.3 Å². The van der Waals surface area contributed by atoms with Gasteiger partial charge in [-0.3, -0.25) is 9.59 Å². The minimum Gasteiger partial charge on any atom is -0.481 e. The monoisotopic (exact) mass is 333 g/mol. The van der Waals surface area contributed by atoms with Gasteiger partial charge in [-0.05, 0) is 12.1 Å². The Labute approximate surface area is 137 Å². The molecule has 0 saturated heterocycles. The van der Waals surface area contributed by atoms with E-state index in [0.717, 1.165) is 0 Å². The van der Waals surface area contributed by atoms with Gasteiger partial charge in [0.1, 0.15) is 12.3 Å². The summed E-state index contributed by atoms with van der Waals surface area (Å²) in [7, 11) is 2.86. The summed E-state index contributed by atoms with van der Waals surface area (Å²) in [6.45, 7) is -0.503. The van der Waals surface area contributed by atoms with Crippen LogP contribution in [0, 0.1) is 0 Å². The molecule has 0 spiro atoms. The Kier molecular flexibility index (Phi) is 5.50. The number of nitrogens with one attached hydrogen (secondary N) is 1. The molecule has 1 aromatic heterocycles. The van der Waals surface area contributed by atoms with Crippen LogP contribution < -0.4 is 19.5 Å². The smallest absolute Gasteiger partial charge is 0.328 e. The number of amides is 1. The summed E-state index contributed by atoms with van der Waals surface area (Å²) in [5.41, 5.74) is 0.143. The van der Waals surface area contributed by atoms with Crippen molar-refractivity contribution in [1.82, 2.24) is 15.3 Å². The van der Waals surface area contributed by atoms with Gasteiger partial charge < -0.3 is 24.6 Å². The first-order chi connectivity index (χ1) is 11.5. The molecule has 0 saturated carbocycles. The molecule has 0 atom stereocenters. The van der Waals surface area contributed by atoms with Crippen molar-refractivity contribution in [3.63, 3.8) is 0 Å². The number of carbonyl (C=O) groups is 2. The number of rotatable bonds is 7. The number of aliphatic carboxylic acids is 1. The fourth-order valence-corrected chi connectivity index (χ4v) is 1.73. The first-order valence-electron chi connectivity index (χ1n) is 6.77. The second kappa shape index (κ2) is 7.77. The molecule has 24 heavy (non-hydrogen) atoms. The topological polar surface area (TPSA) is 120 Å². The highest BCUT2D eigenvalue weighted by atomic mass is 16.5. The Bertz CT molecular complexity index is 727. The number of hydrogen-bond acceptors (Lipinski definition) is 7. The van der Waals surface area contributed by atoms with E-state index >= 15 is 0 Å². The number of ether oxygens (including phenoxy) is 3. The van der Waals surface area contributed by atoms with Crippen LogP contribution in [0.5, 0.6) is 23.5 Å². The van der Waals surface area contributed by atoms with E-state index in [-0.39, 0.29) is 29.1 Å². The average molecular weight is 333 g/mol. The van der Waals surface area contributed by atoms with Crippen molar-refractivity contribution in [1.29, 1.82) is 0 Å². The van der Waals surface area contributed by atoms with Crippen molar-refractivity contribution in [3.05, 3.63) is 35.9 Å². The molecule has 2 rings (SSSR count). The van der Waals surface area contributed by atoms with E-state index in [1.807, 2.05) is 0 Å². The van der Waals surface area contributed by atoms with Crippen molar-refractivity contribution in [2.45, 2.75) is 0 Å². The lowest BCUT2D eigenvalue weighted by atomic mass is 10.2.